The first-order valence-electron chi connectivity index (χ1n) is 10.4. The Morgan fingerprint density at radius 1 is 1.00 bits per heavy atom. The lowest BCUT2D eigenvalue weighted by Gasteiger charge is -2.07. The number of allylic oxidation sites excluding steroid dienone is 1. The van der Waals surface area contributed by atoms with Gasteiger partial charge < -0.3 is 10.1 Å². The largest absolute Gasteiger partial charge is 0.493 e. The SMILES string of the molecule is O=C1N/C=c2/cccc/c2=N/c2ncnc3ccc(cc23)OCC/C=C\C(=O)n2cccc21. The number of nitrogens with zero attached hydrogens (tertiary/aromatic N) is 4. The zero-order chi connectivity index (χ0) is 22.6. The Labute approximate surface area is 188 Å². The third kappa shape index (κ3) is 4.27. The minimum atomic E-state index is -0.405. The van der Waals surface area contributed by atoms with Gasteiger partial charge in [0.05, 0.1) is 17.5 Å². The van der Waals surface area contributed by atoms with Crippen molar-refractivity contribution in [3.8, 4) is 5.75 Å². The van der Waals surface area contributed by atoms with E-state index >= 15 is 0 Å². The van der Waals surface area contributed by atoms with Gasteiger partial charge in [0.2, 0.25) is 0 Å². The highest BCUT2D eigenvalue weighted by Gasteiger charge is 2.13. The van der Waals surface area contributed by atoms with Gasteiger partial charge >= 0.3 is 0 Å². The number of carbonyl (C=O) groups is 2. The summed E-state index contributed by atoms with van der Waals surface area (Å²) in [6, 6.07) is 16.2. The van der Waals surface area contributed by atoms with Crippen LogP contribution < -0.4 is 20.6 Å². The van der Waals surface area contributed by atoms with Gasteiger partial charge in [0, 0.05) is 23.0 Å². The number of carbonyl (C=O) groups excluding carboxylic acids is 2. The molecule has 2 aromatic heterocycles. The van der Waals surface area contributed by atoms with E-state index in [-0.39, 0.29) is 11.6 Å². The first-order chi connectivity index (χ1) is 16.2. The van der Waals surface area contributed by atoms with Gasteiger partial charge in [-0.15, -0.1) is 0 Å². The lowest BCUT2D eigenvalue weighted by molar-refractivity contribution is 0.0917. The van der Waals surface area contributed by atoms with Crippen molar-refractivity contribution in [3.05, 3.63) is 95.5 Å². The maximum Gasteiger partial charge on any atom is 0.272 e. The van der Waals surface area contributed by atoms with Crippen LogP contribution in [0.3, 0.4) is 0 Å². The predicted octanol–water partition coefficient (Wildman–Crippen LogP) is 2.53. The molecule has 0 atom stereocenters. The van der Waals surface area contributed by atoms with E-state index in [1.54, 1.807) is 30.6 Å². The van der Waals surface area contributed by atoms with Crippen LogP contribution in [0.4, 0.5) is 5.82 Å². The summed E-state index contributed by atoms with van der Waals surface area (Å²) in [5.41, 5.74) is 0.978. The van der Waals surface area contributed by atoms with Gasteiger partial charge in [-0.3, -0.25) is 14.2 Å². The summed E-state index contributed by atoms with van der Waals surface area (Å²) in [6.07, 6.45) is 8.29. The van der Waals surface area contributed by atoms with Gasteiger partial charge in [0.15, 0.2) is 5.82 Å². The molecule has 2 aromatic carbocycles. The number of aromatic nitrogens is 3. The minimum Gasteiger partial charge on any atom is -0.493 e. The minimum absolute atomic E-state index is 0.236. The van der Waals surface area contributed by atoms with E-state index in [4.69, 9.17) is 9.73 Å². The average Bonchev–Trinajstić information content (AvgIpc) is 3.33. The summed E-state index contributed by atoms with van der Waals surface area (Å²) in [6.45, 7) is 0.381. The van der Waals surface area contributed by atoms with Crippen molar-refractivity contribution in [3.63, 3.8) is 0 Å². The van der Waals surface area contributed by atoms with Crippen LogP contribution in [0, 0.1) is 0 Å². The fourth-order valence-electron chi connectivity index (χ4n) is 3.51. The second-order valence-electron chi connectivity index (χ2n) is 7.31. The Morgan fingerprint density at radius 3 is 2.85 bits per heavy atom. The molecule has 33 heavy (non-hydrogen) atoms. The molecule has 162 valence electrons. The number of nitrogens with one attached hydrogen (secondary N) is 1. The number of benzene rings is 2. The molecule has 0 radical (unpaired) electrons. The topological polar surface area (TPSA) is 98.5 Å². The van der Waals surface area contributed by atoms with Crippen LogP contribution in [-0.2, 0) is 0 Å². The summed E-state index contributed by atoms with van der Waals surface area (Å²) in [5, 5.41) is 4.83. The number of hydrogen-bond acceptors (Lipinski definition) is 6. The van der Waals surface area contributed by atoms with Gasteiger partial charge in [-0.1, -0.05) is 24.3 Å². The number of amides is 1. The Balaban J connectivity index is 1.66. The van der Waals surface area contributed by atoms with Crippen LogP contribution in [0.25, 0.3) is 17.1 Å². The van der Waals surface area contributed by atoms with Crippen molar-refractivity contribution < 1.29 is 14.3 Å². The molecule has 0 spiro atoms. The van der Waals surface area contributed by atoms with Crippen LogP contribution in [0.1, 0.15) is 21.7 Å². The Bertz CT molecular complexity index is 1520. The van der Waals surface area contributed by atoms with Gasteiger partial charge in [0.1, 0.15) is 17.8 Å². The molecule has 2 bridgehead atoms. The van der Waals surface area contributed by atoms with E-state index in [2.05, 4.69) is 15.3 Å². The smallest absolute Gasteiger partial charge is 0.272 e. The summed E-state index contributed by atoms with van der Waals surface area (Å²) in [4.78, 5) is 38.7. The van der Waals surface area contributed by atoms with Crippen LogP contribution in [0.2, 0.25) is 0 Å². The van der Waals surface area contributed by atoms with E-state index in [0.29, 0.717) is 35.2 Å². The maximum absolute atomic E-state index is 12.8. The van der Waals surface area contributed by atoms with E-state index < -0.39 is 5.91 Å². The molecule has 1 amide bonds. The Kier molecular flexibility index (Phi) is 5.47. The van der Waals surface area contributed by atoms with Crippen molar-refractivity contribution in [1.82, 2.24) is 19.9 Å². The molecule has 1 aliphatic heterocycles. The van der Waals surface area contributed by atoms with Crippen molar-refractivity contribution in [2.24, 2.45) is 4.99 Å². The molecular formula is C25H19N5O3. The monoisotopic (exact) mass is 437 g/mol. The molecule has 8 heteroatoms. The molecule has 8 nitrogen and oxygen atoms in total. The first-order valence-corrected chi connectivity index (χ1v) is 10.4. The molecule has 0 saturated heterocycles. The molecule has 1 aliphatic rings. The number of hydrogen-bond donors (Lipinski definition) is 1. The highest BCUT2D eigenvalue weighted by Crippen LogP contribution is 2.25. The van der Waals surface area contributed by atoms with Crippen molar-refractivity contribution in [2.45, 2.75) is 6.42 Å². The van der Waals surface area contributed by atoms with Gasteiger partial charge in [-0.25, -0.2) is 15.0 Å². The number of ether oxygens (including phenoxy) is 1. The molecule has 0 fully saturated rings. The van der Waals surface area contributed by atoms with E-state index in [1.165, 1.54) is 17.0 Å². The third-order valence-corrected chi connectivity index (χ3v) is 5.14. The van der Waals surface area contributed by atoms with Crippen molar-refractivity contribution in [2.75, 3.05) is 6.61 Å². The summed E-state index contributed by atoms with van der Waals surface area (Å²) in [7, 11) is 0. The normalized spacial score (nSPS) is 17.2. The van der Waals surface area contributed by atoms with E-state index in [0.717, 1.165) is 10.9 Å². The molecule has 1 N–H and O–H groups in total. The Hall–Kier alpha value is -4.59. The highest BCUT2D eigenvalue weighted by atomic mass is 16.5. The molecule has 4 aromatic rings. The van der Waals surface area contributed by atoms with Crippen molar-refractivity contribution in [1.29, 1.82) is 0 Å². The Morgan fingerprint density at radius 2 is 1.91 bits per heavy atom. The zero-order valence-electron chi connectivity index (χ0n) is 17.5. The van der Waals surface area contributed by atoms with Gasteiger partial charge in [0.25, 0.3) is 11.8 Å². The predicted molar refractivity (Wildman–Crippen MR) is 123 cm³/mol. The molecule has 0 aliphatic carbocycles. The second-order valence-corrected chi connectivity index (χ2v) is 7.31. The van der Waals surface area contributed by atoms with Crippen LogP contribution in [-0.4, -0.2) is 33.0 Å². The highest BCUT2D eigenvalue weighted by molar-refractivity contribution is 6.01. The van der Waals surface area contributed by atoms with Crippen LogP contribution in [0.5, 0.6) is 5.75 Å². The average molecular weight is 437 g/mol. The number of fused-ring (bicyclic) bond motifs is 3. The molecule has 0 unspecified atom stereocenters. The summed E-state index contributed by atoms with van der Waals surface area (Å²) >= 11 is 0. The van der Waals surface area contributed by atoms with Crippen molar-refractivity contribution >= 4 is 34.7 Å². The summed E-state index contributed by atoms with van der Waals surface area (Å²) < 4.78 is 7.16. The van der Waals surface area contributed by atoms with Crippen LogP contribution >= 0.6 is 0 Å². The lowest BCUT2D eigenvalue weighted by Crippen LogP contribution is -2.30. The van der Waals surface area contributed by atoms with E-state index in [1.807, 2.05) is 42.5 Å². The molecule has 3 heterocycles. The van der Waals surface area contributed by atoms with Crippen LogP contribution in [0.15, 0.2) is 84.3 Å². The van der Waals surface area contributed by atoms with Gasteiger partial charge in [-0.2, -0.15) is 0 Å². The molecule has 5 rings (SSSR count). The quantitative estimate of drug-likeness (QED) is 0.456. The number of rotatable bonds is 0. The first kappa shape index (κ1) is 20.3. The number of para-hydroxylation sites is 1. The molecule has 0 saturated carbocycles. The lowest BCUT2D eigenvalue weighted by atomic mass is 10.2. The summed E-state index contributed by atoms with van der Waals surface area (Å²) in [5.74, 6) is 0.444. The van der Waals surface area contributed by atoms with E-state index in [9.17, 15) is 9.59 Å². The van der Waals surface area contributed by atoms with Gasteiger partial charge in [-0.05, 0) is 48.9 Å². The standard InChI is InChI=1S/C25H19N5O3/c31-23-9-3-4-13-33-18-10-11-21-19(14-18)24(28-16-27-21)29-20-7-2-1-6-17(20)15-26-25(32)22-8-5-12-30(22)23/h1-3,5-12,14-16H,4,13H2,(H,26,32)/b9-3-,17-15-,29-20-. The fourth-order valence-corrected chi connectivity index (χ4v) is 3.51. The zero-order valence-corrected chi connectivity index (χ0v) is 17.5. The third-order valence-electron chi connectivity index (χ3n) is 5.14. The molecular weight excluding hydrogens is 418 g/mol. The maximum atomic E-state index is 12.8. The second kappa shape index (κ2) is 8.88. The fraction of sp³-hybridized carbons (Fsp3) is 0.0800.